The van der Waals surface area contributed by atoms with Crippen molar-refractivity contribution < 1.29 is 4.79 Å². The van der Waals surface area contributed by atoms with Crippen LogP contribution in [0.25, 0.3) is 0 Å². The van der Waals surface area contributed by atoms with Gasteiger partial charge in [0.1, 0.15) is 0 Å². The number of hydrogen-bond acceptors (Lipinski definition) is 3. The quantitative estimate of drug-likeness (QED) is 0.833. The fourth-order valence-corrected chi connectivity index (χ4v) is 3.46. The molecule has 0 spiro atoms. The van der Waals surface area contributed by atoms with Crippen LogP contribution in [0.2, 0.25) is 0 Å². The van der Waals surface area contributed by atoms with Gasteiger partial charge in [-0.05, 0) is 61.5 Å². The number of halogens is 1. The van der Waals surface area contributed by atoms with Crippen LogP contribution < -0.4 is 5.32 Å². The van der Waals surface area contributed by atoms with E-state index in [9.17, 15) is 4.79 Å². The van der Waals surface area contributed by atoms with E-state index in [1.54, 1.807) is 11.3 Å². The fourth-order valence-electron chi connectivity index (χ4n) is 2.13. The minimum Gasteiger partial charge on any atom is -0.348 e. The van der Waals surface area contributed by atoms with Gasteiger partial charge in [-0.1, -0.05) is 0 Å². The molecule has 1 unspecified atom stereocenters. The van der Waals surface area contributed by atoms with Crippen molar-refractivity contribution in [3.63, 3.8) is 0 Å². The standard InChI is InChI=1S/C12H17IN2OS/c1-9(7-15-4-2-3-5-15)14-12(16)10-6-11(13)17-8-10/h6,8-9H,2-5,7H2,1H3,(H,14,16). The number of likely N-dealkylation sites (tertiary alicyclic amines) is 1. The molecule has 1 fully saturated rings. The molecule has 17 heavy (non-hydrogen) atoms. The molecule has 1 aliphatic rings. The molecule has 2 rings (SSSR count). The summed E-state index contributed by atoms with van der Waals surface area (Å²) < 4.78 is 1.15. The van der Waals surface area contributed by atoms with Gasteiger partial charge in [0.15, 0.2) is 0 Å². The Morgan fingerprint density at radius 3 is 2.88 bits per heavy atom. The van der Waals surface area contributed by atoms with Crippen molar-refractivity contribution in [1.29, 1.82) is 0 Å². The largest absolute Gasteiger partial charge is 0.348 e. The number of carbonyl (C=O) groups is 1. The average Bonchev–Trinajstić information content (AvgIpc) is 2.89. The normalized spacial score (nSPS) is 18.2. The van der Waals surface area contributed by atoms with Gasteiger partial charge in [-0.15, -0.1) is 11.3 Å². The van der Waals surface area contributed by atoms with E-state index >= 15 is 0 Å². The zero-order chi connectivity index (χ0) is 12.3. The van der Waals surface area contributed by atoms with Gasteiger partial charge >= 0.3 is 0 Å². The summed E-state index contributed by atoms with van der Waals surface area (Å²) in [5, 5.41) is 4.98. The Morgan fingerprint density at radius 1 is 1.59 bits per heavy atom. The Bertz CT molecular complexity index is 388. The molecule has 2 heterocycles. The number of nitrogens with zero attached hydrogens (tertiary/aromatic N) is 1. The summed E-state index contributed by atoms with van der Waals surface area (Å²) in [5.74, 6) is 0.0517. The summed E-state index contributed by atoms with van der Waals surface area (Å²) in [6.07, 6.45) is 2.59. The molecular formula is C12H17IN2OS. The first kappa shape index (κ1) is 13.3. The van der Waals surface area contributed by atoms with Crippen molar-refractivity contribution in [3.05, 3.63) is 19.9 Å². The maximum absolute atomic E-state index is 11.9. The Labute approximate surface area is 120 Å². The number of hydrogen-bond donors (Lipinski definition) is 1. The number of amides is 1. The molecule has 1 aromatic heterocycles. The van der Waals surface area contributed by atoms with Crippen LogP contribution in [0.1, 0.15) is 30.1 Å². The molecule has 1 N–H and O–H groups in total. The lowest BCUT2D eigenvalue weighted by atomic mass is 10.2. The van der Waals surface area contributed by atoms with Crippen LogP contribution in [0.5, 0.6) is 0 Å². The first-order valence-electron chi connectivity index (χ1n) is 5.92. The van der Waals surface area contributed by atoms with Crippen molar-refractivity contribution in [3.8, 4) is 0 Å². The van der Waals surface area contributed by atoms with Gasteiger partial charge in [0, 0.05) is 18.0 Å². The second-order valence-corrected chi connectivity index (χ2v) is 7.33. The summed E-state index contributed by atoms with van der Waals surface area (Å²) in [5.41, 5.74) is 0.785. The second kappa shape index (κ2) is 6.15. The monoisotopic (exact) mass is 364 g/mol. The molecular weight excluding hydrogens is 347 g/mol. The maximum Gasteiger partial charge on any atom is 0.252 e. The van der Waals surface area contributed by atoms with Crippen LogP contribution in [-0.2, 0) is 0 Å². The summed E-state index contributed by atoms with van der Waals surface area (Å²) in [7, 11) is 0. The van der Waals surface area contributed by atoms with E-state index in [1.807, 2.05) is 11.4 Å². The van der Waals surface area contributed by atoms with Crippen LogP contribution in [0.4, 0.5) is 0 Å². The molecule has 5 heteroatoms. The third kappa shape index (κ3) is 3.93. The van der Waals surface area contributed by atoms with Gasteiger partial charge in [0.2, 0.25) is 0 Å². The van der Waals surface area contributed by atoms with Crippen LogP contribution in [0, 0.1) is 2.88 Å². The molecule has 1 amide bonds. The molecule has 3 nitrogen and oxygen atoms in total. The summed E-state index contributed by atoms with van der Waals surface area (Å²) >= 11 is 3.85. The molecule has 0 aromatic carbocycles. The van der Waals surface area contributed by atoms with Crippen molar-refractivity contribution in [2.24, 2.45) is 0 Å². The maximum atomic E-state index is 11.9. The lowest BCUT2D eigenvalue weighted by Crippen LogP contribution is -2.40. The van der Waals surface area contributed by atoms with E-state index in [4.69, 9.17) is 0 Å². The van der Waals surface area contributed by atoms with Gasteiger partial charge in [0.25, 0.3) is 5.91 Å². The van der Waals surface area contributed by atoms with Crippen LogP contribution in [0.3, 0.4) is 0 Å². The van der Waals surface area contributed by atoms with Gasteiger partial charge in [-0.2, -0.15) is 0 Å². The first-order chi connectivity index (χ1) is 8.15. The highest BCUT2D eigenvalue weighted by Gasteiger charge is 2.16. The van der Waals surface area contributed by atoms with Gasteiger partial charge in [-0.3, -0.25) is 4.79 Å². The first-order valence-corrected chi connectivity index (χ1v) is 7.88. The lowest BCUT2D eigenvalue weighted by Gasteiger charge is -2.20. The third-order valence-corrected chi connectivity index (χ3v) is 4.73. The Morgan fingerprint density at radius 2 is 2.29 bits per heavy atom. The van der Waals surface area contributed by atoms with E-state index in [0.29, 0.717) is 0 Å². The number of thiophene rings is 1. The summed E-state index contributed by atoms with van der Waals surface area (Å²) in [6.45, 7) is 5.40. The number of nitrogens with one attached hydrogen (secondary N) is 1. The Kier molecular flexibility index (Phi) is 4.81. The number of carbonyl (C=O) groups excluding carboxylic acids is 1. The summed E-state index contributed by atoms with van der Waals surface area (Å²) in [6, 6.07) is 2.15. The van der Waals surface area contributed by atoms with E-state index < -0.39 is 0 Å². The van der Waals surface area contributed by atoms with E-state index in [1.165, 1.54) is 25.9 Å². The highest BCUT2D eigenvalue weighted by atomic mass is 127. The lowest BCUT2D eigenvalue weighted by molar-refractivity contribution is 0.0932. The fraction of sp³-hybridized carbons (Fsp3) is 0.583. The molecule has 1 aromatic rings. The minimum absolute atomic E-state index is 0.0517. The van der Waals surface area contributed by atoms with Gasteiger partial charge in [0.05, 0.1) is 8.45 Å². The molecule has 94 valence electrons. The zero-order valence-corrected chi connectivity index (χ0v) is 12.9. The van der Waals surface area contributed by atoms with E-state index in [2.05, 4.69) is 39.7 Å². The van der Waals surface area contributed by atoms with Crippen molar-refractivity contribution >= 4 is 39.8 Å². The number of rotatable bonds is 4. The van der Waals surface area contributed by atoms with Crippen molar-refractivity contribution in [2.45, 2.75) is 25.8 Å². The minimum atomic E-state index is 0.0517. The zero-order valence-electron chi connectivity index (χ0n) is 9.91. The Hall–Kier alpha value is -0.140. The highest BCUT2D eigenvalue weighted by molar-refractivity contribution is 14.1. The smallest absolute Gasteiger partial charge is 0.252 e. The third-order valence-electron chi connectivity index (χ3n) is 2.94. The van der Waals surface area contributed by atoms with Gasteiger partial charge in [-0.25, -0.2) is 0 Å². The highest BCUT2D eigenvalue weighted by Crippen LogP contribution is 2.16. The Balaban J connectivity index is 1.81. The van der Waals surface area contributed by atoms with E-state index in [0.717, 1.165) is 15.0 Å². The average molecular weight is 364 g/mol. The predicted octanol–water partition coefficient (Wildman–Crippen LogP) is 2.57. The summed E-state index contributed by atoms with van der Waals surface area (Å²) in [4.78, 5) is 14.3. The molecule has 0 bridgehead atoms. The molecule has 0 aliphatic carbocycles. The SMILES string of the molecule is CC(CN1CCCC1)NC(=O)c1csc(I)c1. The van der Waals surface area contributed by atoms with E-state index in [-0.39, 0.29) is 11.9 Å². The van der Waals surface area contributed by atoms with Crippen LogP contribution >= 0.6 is 33.9 Å². The molecule has 0 saturated carbocycles. The van der Waals surface area contributed by atoms with Crippen LogP contribution in [0.15, 0.2) is 11.4 Å². The van der Waals surface area contributed by atoms with Crippen LogP contribution in [-0.4, -0.2) is 36.5 Å². The van der Waals surface area contributed by atoms with Gasteiger partial charge < -0.3 is 10.2 Å². The topological polar surface area (TPSA) is 32.3 Å². The molecule has 1 atom stereocenters. The second-order valence-electron chi connectivity index (χ2n) is 4.52. The molecule has 1 aliphatic heterocycles. The molecule has 1 saturated heterocycles. The van der Waals surface area contributed by atoms with Crippen molar-refractivity contribution in [2.75, 3.05) is 19.6 Å². The molecule has 0 radical (unpaired) electrons. The predicted molar refractivity (Wildman–Crippen MR) is 79.6 cm³/mol. The van der Waals surface area contributed by atoms with Crippen molar-refractivity contribution in [1.82, 2.24) is 10.2 Å².